The van der Waals surface area contributed by atoms with E-state index in [9.17, 15) is 14.7 Å². The lowest BCUT2D eigenvalue weighted by molar-refractivity contribution is -0.161. The SMILES string of the molecule is [CH2]CCCCCCCCCCCCCCCCCCC(=O)OCC(CO)OC(=O)CCCCCCCCCCCCCCCCC. The zero-order valence-electron chi connectivity index (χ0n) is 30.8. The number of carbonyl (C=O) groups excluding carboxylic acids is 2. The number of hydrogen-bond acceptors (Lipinski definition) is 5. The van der Waals surface area contributed by atoms with Crippen molar-refractivity contribution in [3.8, 4) is 0 Å². The molecule has 1 unspecified atom stereocenters. The van der Waals surface area contributed by atoms with Crippen molar-refractivity contribution in [2.75, 3.05) is 13.2 Å². The molecular formula is C41H79O5. The summed E-state index contributed by atoms with van der Waals surface area (Å²) in [6.45, 7) is 5.79. The van der Waals surface area contributed by atoms with Crippen molar-refractivity contribution < 1.29 is 24.2 Å². The molecule has 0 bridgehead atoms. The zero-order valence-corrected chi connectivity index (χ0v) is 30.8. The smallest absolute Gasteiger partial charge is 0.306 e. The highest BCUT2D eigenvalue weighted by Crippen LogP contribution is 2.16. The van der Waals surface area contributed by atoms with Gasteiger partial charge in [0.2, 0.25) is 0 Å². The number of esters is 2. The Morgan fingerprint density at radius 2 is 0.783 bits per heavy atom. The molecule has 0 amide bonds. The molecule has 0 aliphatic heterocycles. The fourth-order valence-electron chi connectivity index (χ4n) is 6.19. The van der Waals surface area contributed by atoms with E-state index < -0.39 is 6.10 Å². The minimum atomic E-state index is -0.763. The van der Waals surface area contributed by atoms with Gasteiger partial charge in [-0.2, -0.15) is 0 Å². The first-order valence-electron chi connectivity index (χ1n) is 20.4. The number of unbranched alkanes of at least 4 members (excludes halogenated alkanes) is 30. The normalized spacial score (nSPS) is 12.0. The maximum atomic E-state index is 12.2. The summed E-state index contributed by atoms with van der Waals surface area (Å²) in [6, 6.07) is 0. The molecule has 0 fully saturated rings. The van der Waals surface area contributed by atoms with Crippen molar-refractivity contribution in [1.82, 2.24) is 0 Å². The molecule has 5 nitrogen and oxygen atoms in total. The van der Waals surface area contributed by atoms with Gasteiger partial charge in [0.1, 0.15) is 6.61 Å². The monoisotopic (exact) mass is 652 g/mol. The van der Waals surface area contributed by atoms with Crippen LogP contribution in [-0.2, 0) is 19.1 Å². The van der Waals surface area contributed by atoms with Gasteiger partial charge in [-0.15, -0.1) is 0 Å². The van der Waals surface area contributed by atoms with E-state index in [4.69, 9.17) is 9.47 Å². The topological polar surface area (TPSA) is 72.8 Å². The van der Waals surface area contributed by atoms with Crippen molar-refractivity contribution in [2.45, 2.75) is 231 Å². The number of ether oxygens (including phenoxy) is 2. The largest absolute Gasteiger partial charge is 0.462 e. The van der Waals surface area contributed by atoms with Crippen LogP contribution >= 0.6 is 0 Å². The standard InChI is InChI=1S/C41H79O5/c1-3-5-7-9-11-13-15-17-19-20-22-23-25-27-29-31-33-35-40(43)45-38-39(37-42)46-41(44)36-34-32-30-28-26-24-21-18-16-14-12-10-8-6-4-2/h39,42H,1,3-38H2,2H3. The second-order valence-electron chi connectivity index (χ2n) is 13.9. The number of hydrogen-bond donors (Lipinski definition) is 1. The third kappa shape index (κ3) is 35.7. The predicted octanol–water partition coefficient (Wildman–Crippen LogP) is 12.6. The van der Waals surface area contributed by atoms with Gasteiger partial charge in [0.05, 0.1) is 6.61 Å². The third-order valence-electron chi connectivity index (χ3n) is 9.30. The summed E-state index contributed by atoms with van der Waals surface area (Å²) in [5, 5.41) is 9.55. The zero-order chi connectivity index (χ0) is 33.6. The molecule has 0 aliphatic rings. The van der Waals surface area contributed by atoms with Crippen LogP contribution < -0.4 is 0 Å². The first-order chi connectivity index (χ1) is 22.6. The molecule has 273 valence electrons. The molecule has 0 aromatic carbocycles. The van der Waals surface area contributed by atoms with E-state index in [0.717, 1.165) is 44.9 Å². The average Bonchev–Trinajstić information content (AvgIpc) is 3.06. The summed E-state index contributed by atoms with van der Waals surface area (Å²) >= 11 is 0. The summed E-state index contributed by atoms with van der Waals surface area (Å²) in [4.78, 5) is 24.3. The van der Waals surface area contributed by atoms with Crippen LogP contribution in [0.3, 0.4) is 0 Å². The lowest BCUT2D eigenvalue weighted by Gasteiger charge is -2.15. The Bertz CT molecular complexity index is 622. The molecule has 1 atom stereocenters. The van der Waals surface area contributed by atoms with Crippen LogP contribution in [0.4, 0.5) is 0 Å². The van der Waals surface area contributed by atoms with Gasteiger partial charge in [-0.05, 0) is 12.8 Å². The number of aliphatic hydroxyl groups is 1. The summed E-state index contributed by atoms with van der Waals surface area (Å²) in [6.07, 6.45) is 41.0. The van der Waals surface area contributed by atoms with Crippen molar-refractivity contribution in [3.63, 3.8) is 0 Å². The van der Waals surface area contributed by atoms with Gasteiger partial charge < -0.3 is 14.6 Å². The van der Waals surface area contributed by atoms with Crippen LogP contribution in [0, 0.1) is 6.92 Å². The van der Waals surface area contributed by atoms with Crippen LogP contribution in [0.5, 0.6) is 0 Å². The first kappa shape index (κ1) is 44.9. The molecule has 0 saturated carbocycles. The summed E-state index contributed by atoms with van der Waals surface area (Å²) < 4.78 is 10.6. The molecule has 0 aromatic rings. The van der Waals surface area contributed by atoms with E-state index in [2.05, 4.69) is 13.8 Å². The van der Waals surface area contributed by atoms with Crippen LogP contribution in [-0.4, -0.2) is 36.4 Å². The molecule has 0 spiro atoms. The fraction of sp³-hybridized carbons (Fsp3) is 0.927. The fourth-order valence-corrected chi connectivity index (χ4v) is 6.19. The summed E-state index contributed by atoms with van der Waals surface area (Å²) in [5.74, 6) is -0.577. The number of aliphatic hydroxyl groups excluding tert-OH is 1. The highest BCUT2D eigenvalue weighted by atomic mass is 16.6. The summed E-state index contributed by atoms with van der Waals surface area (Å²) in [7, 11) is 0. The van der Waals surface area contributed by atoms with Crippen LogP contribution in [0.2, 0.25) is 0 Å². The molecule has 0 heterocycles. The van der Waals surface area contributed by atoms with Gasteiger partial charge in [0, 0.05) is 12.8 Å². The lowest BCUT2D eigenvalue weighted by atomic mass is 10.0. The molecule has 0 rings (SSSR count). The van der Waals surface area contributed by atoms with Crippen LogP contribution in [0.15, 0.2) is 0 Å². The van der Waals surface area contributed by atoms with Crippen molar-refractivity contribution >= 4 is 11.9 Å². The predicted molar refractivity (Wildman–Crippen MR) is 196 cm³/mol. The minimum Gasteiger partial charge on any atom is -0.462 e. The quantitative estimate of drug-likeness (QED) is 0.0531. The highest BCUT2D eigenvalue weighted by molar-refractivity contribution is 5.70. The Labute approximate surface area is 287 Å². The second kappa shape index (κ2) is 38.3. The van der Waals surface area contributed by atoms with E-state index in [-0.39, 0.29) is 25.2 Å². The van der Waals surface area contributed by atoms with Gasteiger partial charge in [-0.3, -0.25) is 9.59 Å². The Morgan fingerprint density at radius 1 is 0.478 bits per heavy atom. The first-order valence-corrected chi connectivity index (χ1v) is 20.4. The summed E-state index contributed by atoms with van der Waals surface area (Å²) in [5.41, 5.74) is 0. The van der Waals surface area contributed by atoms with Crippen LogP contribution in [0.25, 0.3) is 0 Å². The molecule has 0 saturated heterocycles. The van der Waals surface area contributed by atoms with Crippen molar-refractivity contribution in [3.05, 3.63) is 6.92 Å². The van der Waals surface area contributed by atoms with E-state index in [0.29, 0.717) is 12.8 Å². The van der Waals surface area contributed by atoms with E-state index in [1.807, 2.05) is 0 Å². The van der Waals surface area contributed by atoms with Gasteiger partial charge in [0.25, 0.3) is 0 Å². The second-order valence-corrected chi connectivity index (χ2v) is 13.9. The van der Waals surface area contributed by atoms with Crippen molar-refractivity contribution in [1.29, 1.82) is 0 Å². The minimum absolute atomic E-state index is 0.0587. The number of rotatable bonds is 38. The highest BCUT2D eigenvalue weighted by Gasteiger charge is 2.16. The average molecular weight is 652 g/mol. The number of carbonyl (C=O) groups is 2. The van der Waals surface area contributed by atoms with E-state index >= 15 is 0 Å². The lowest BCUT2D eigenvalue weighted by Crippen LogP contribution is -2.28. The van der Waals surface area contributed by atoms with E-state index in [1.54, 1.807) is 0 Å². The van der Waals surface area contributed by atoms with Gasteiger partial charge >= 0.3 is 11.9 Å². The molecule has 1 N–H and O–H groups in total. The Kier molecular flexibility index (Phi) is 37.4. The molecule has 0 aromatic heterocycles. The molecular weight excluding hydrogens is 572 g/mol. The van der Waals surface area contributed by atoms with Crippen molar-refractivity contribution in [2.24, 2.45) is 0 Å². The molecule has 1 radical (unpaired) electrons. The Morgan fingerprint density at radius 3 is 1.11 bits per heavy atom. The van der Waals surface area contributed by atoms with Gasteiger partial charge in [0.15, 0.2) is 6.10 Å². The molecule has 0 aliphatic carbocycles. The van der Waals surface area contributed by atoms with E-state index in [1.165, 1.54) is 161 Å². The Hall–Kier alpha value is -1.10. The van der Waals surface area contributed by atoms with Crippen LogP contribution in [0.1, 0.15) is 225 Å². The molecule has 46 heavy (non-hydrogen) atoms. The maximum Gasteiger partial charge on any atom is 0.306 e. The maximum absolute atomic E-state index is 12.2. The van der Waals surface area contributed by atoms with Gasteiger partial charge in [-0.25, -0.2) is 0 Å². The third-order valence-corrected chi connectivity index (χ3v) is 9.30. The van der Waals surface area contributed by atoms with Gasteiger partial charge in [-0.1, -0.05) is 206 Å². The molecule has 5 heteroatoms. The Balaban J connectivity index is 3.48.